The van der Waals surface area contributed by atoms with Gasteiger partial charge in [-0.15, -0.1) is 11.3 Å². The molecule has 1 aliphatic carbocycles. The van der Waals surface area contributed by atoms with Gasteiger partial charge in [-0.2, -0.15) is 0 Å². The quantitative estimate of drug-likeness (QED) is 0.585. The molecule has 5 rings (SSSR count). The van der Waals surface area contributed by atoms with Gasteiger partial charge in [0.2, 0.25) is 0 Å². The summed E-state index contributed by atoms with van der Waals surface area (Å²) in [7, 11) is 3.20. The molecule has 6 nitrogen and oxygen atoms in total. The number of urea groups is 1. The summed E-state index contributed by atoms with van der Waals surface area (Å²) in [6.07, 6.45) is 6.85. The molecule has 2 aliphatic rings. The first-order valence-corrected chi connectivity index (χ1v) is 11.5. The number of carbonyl (C=O) groups excluding carboxylic acids is 1. The average Bonchev–Trinajstić information content (AvgIpc) is 3.39. The van der Waals surface area contributed by atoms with Gasteiger partial charge in [0.1, 0.15) is 16.5 Å². The highest BCUT2D eigenvalue weighted by molar-refractivity contribution is 7.15. The number of hydrogen-bond acceptors (Lipinski definition) is 4. The van der Waals surface area contributed by atoms with Crippen molar-refractivity contribution in [3.8, 4) is 16.5 Å². The molecule has 1 N–H and O–H groups in total. The Labute approximate surface area is 186 Å². The lowest BCUT2D eigenvalue weighted by Gasteiger charge is -2.28. The Morgan fingerprint density at radius 1 is 1.13 bits per heavy atom. The summed E-state index contributed by atoms with van der Waals surface area (Å²) >= 11 is 1.90. The predicted octanol–water partition coefficient (Wildman–Crippen LogP) is 5.54. The molecule has 3 aromatic rings. The van der Waals surface area contributed by atoms with Crippen molar-refractivity contribution < 1.29 is 14.3 Å². The van der Waals surface area contributed by atoms with Gasteiger partial charge in [-0.3, -0.25) is 0 Å². The van der Waals surface area contributed by atoms with E-state index in [2.05, 4.69) is 35.1 Å². The van der Waals surface area contributed by atoms with Gasteiger partial charge >= 0.3 is 6.03 Å². The lowest BCUT2D eigenvalue weighted by atomic mass is 9.95. The van der Waals surface area contributed by atoms with Crippen LogP contribution in [-0.4, -0.2) is 29.7 Å². The van der Waals surface area contributed by atoms with Crippen molar-refractivity contribution in [1.82, 2.24) is 9.47 Å². The zero-order valence-electron chi connectivity index (χ0n) is 18.1. The van der Waals surface area contributed by atoms with Crippen LogP contribution >= 0.6 is 11.3 Å². The van der Waals surface area contributed by atoms with Gasteiger partial charge < -0.3 is 24.3 Å². The van der Waals surface area contributed by atoms with E-state index in [1.807, 2.05) is 28.4 Å². The minimum atomic E-state index is -0.132. The smallest absolute Gasteiger partial charge is 0.322 e. The lowest BCUT2D eigenvalue weighted by Crippen LogP contribution is -2.36. The lowest BCUT2D eigenvalue weighted by molar-refractivity contribution is 0.189. The Morgan fingerprint density at radius 2 is 1.97 bits per heavy atom. The minimum Gasteiger partial charge on any atom is -0.497 e. The summed E-state index contributed by atoms with van der Waals surface area (Å²) in [5, 5.41) is 4.34. The number of fused-ring (bicyclic) bond motifs is 5. The van der Waals surface area contributed by atoms with E-state index in [0.717, 1.165) is 18.5 Å². The number of benzene rings is 1. The van der Waals surface area contributed by atoms with Crippen molar-refractivity contribution in [2.75, 3.05) is 19.5 Å². The van der Waals surface area contributed by atoms with E-state index in [0.29, 0.717) is 23.7 Å². The maximum atomic E-state index is 13.5. The van der Waals surface area contributed by atoms with E-state index < -0.39 is 0 Å². The fourth-order valence-electron chi connectivity index (χ4n) is 4.70. The Kier molecular flexibility index (Phi) is 5.14. The molecule has 0 bridgehead atoms. The SMILES string of the molecule is COc1ccc(NC(=O)N2Cc3c(sc4c3CCCC4)-n3cccc3[C@@H]2C)c(OC)c1. The second kappa shape index (κ2) is 7.96. The number of aromatic nitrogens is 1. The van der Waals surface area contributed by atoms with Crippen LogP contribution in [-0.2, 0) is 19.4 Å². The normalized spacial score (nSPS) is 17.3. The fourth-order valence-corrected chi connectivity index (χ4v) is 6.10. The molecule has 0 unspecified atom stereocenters. The number of nitrogens with zero attached hydrogens (tertiary/aromatic N) is 2. The third kappa shape index (κ3) is 3.37. The Hall–Kier alpha value is -2.93. The fraction of sp³-hybridized carbons (Fsp3) is 0.375. The van der Waals surface area contributed by atoms with Crippen LogP contribution in [0.1, 0.15) is 47.5 Å². The van der Waals surface area contributed by atoms with Crippen LogP contribution in [0.15, 0.2) is 36.5 Å². The maximum absolute atomic E-state index is 13.5. The molecule has 31 heavy (non-hydrogen) atoms. The highest BCUT2D eigenvalue weighted by atomic mass is 32.1. The van der Waals surface area contributed by atoms with E-state index in [1.54, 1.807) is 20.3 Å². The molecule has 1 aliphatic heterocycles. The number of anilines is 1. The third-order valence-corrected chi connectivity index (χ3v) is 7.73. The summed E-state index contributed by atoms with van der Waals surface area (Å²) in [6, 6.07) is 9.42. The molecule has 1 aromatic carbocycles. The number of ether oxygens (including phenoxy) is 2. The molecule has 0 fully saturated rings. The number of carbonyl (C=O) groups is 1. The number of hydrogen-bond donors (Lipinski definition) is 1. The summed E-state index contributed by atoms with van der Waals surface area (Å²) in [4.78, 5) is 16.9. The van der Waals surface area contributed by atoms with Crippen LogP contribution in [0, 0.1) is 0 Å². The molecule has 2 amide bonds. The monoisotopic (exact) mass is 437 g/mol. The van der Waals surface area contributed by atoms with Crippen molar-refractivity contribution in [2.45, 2.75) is 45.2 Å². The summed E-state index contributed by atoms with van der Waals surface area (Å²) < 4.78 is 13.0. The predicted molar refractivity (Wildman–Crippen MR) is 123 cm³/mol. The zero-order valence-corrected chi connectivity index (χ0v) is 18.9. The summed E-state index contributed by atoms with van der Waals surface area (Å²) in [6.45, 7) is 2.70. The number of amides is 2. The van der Waals surface area contributed by atoms with Gasteiger partial charge in [-0.05, 0) is 62.4 Å². The molecular formula is C24H27N3O3S. The second-order valence-electron chi connectivity index (χ2n) is 8.10. The van der Waals surface area contributed by atoms with Crippen molar-refractivity contribution in [2.24, 2.45) is 0 Å². The first-order chi connectivity index (χ1) is 15.1. The van der Waals surface area contributed by atoms with Crippen molar-refractivity contribution >= 4 is 23.1 Å². The van der Waals surface area contributed by atoms with Crippen LogP contribution < -0.4 is 14.8 Å². The highest BCUT2D eigenvalue weighted by Gasteiger charge is 2.33. The molecule has 2 aromatic heterocycles. The Morgan fingerprint density at radius 3 is 2.77 bits per heavy atom. The van der Waals surface area contributed by atoms with Crippen LogP contribution in [0.3, 0.4) is 0 Å². The van der Waals surface area contributed by atoms with E-state index in [9.17, 15) is 4.79 Å². The Balaban J connectivity index is 1.51. The standard InChI is InChI=1S/C24H27N3O3S/c1-15-20-8-6-12-26(20)23-18(17-7-4-5-9-22(17)31-23)14-27(15)24(28)25-19-11-10-16(29-2)13-21(19)30-3/h6,8,10-13,15H,4-5,7,9,14H2,1-3H3,(H,25,28)/t15-/m0/s1. The summed E-state index contributed by atoms with van der Waals surface area (Å²) in [5.41, 5.74) is 4.53. The number of methoxy groups -OCH3 is 2. The van der Waals surface area contributed by atoms with Crippen LogP contribution in [0.5, 0.6) is 11.5 Å². The largest absolute Gasteiger partial charge is 0.497 e. The van der Waals surface area contributed by atoms with Crippen LogP contribution in [0.4, 0.5) is 10.5 Å². The zero-order chi connectivity index (χ0) is 21.5. The topological polar surface area (TPSA) is 55.7 Å². The van der Waals surface area contributed by atoms with Gasteiger partial charge in [0.15, 0.2) is 0 Å². The van der Waals surface area contributed by atoms with Gasteiger partial charge in [-0.25, -0.2) is 4.79 Å². The van der Waals surface area contributed by atoms with Crippen LogP contribution in [0.2, 0.25) is 0 Å². The van der Waals surface area contributed by atoms with E-state index in [-0.39, 0.29) is 12.1 Å². The van der Waals surface area contributed by atoms with E-state index >= 15 is 0 Å². The molecule has 0 spiro atoms. The van der Waals surface area contributed by atoms with E-state index in [1.165, 1.54) is 33.8 Å². The molecule has 0 saturated carbocycles. The van der Waals surface area contributed by atoms with Crippen molar-refractivity contribution in [3.63, 3.8) is 0 Å². The number of nitrogens with one attached hydrogen (secondary N) is 1. The first-order valence-electron chi connectivity index (χ1n) is 10.7. The molecule has 7 heteroatoms. The number of rotatable bonds is 3. The first kappa shape index (κ1) is 20.0. The minimum absolute atomic E-state index is 0.0573. The second-order valence-corrected chi connectivity index (χ2v) is 9.18. The van der Waals surface area contributed by atoms with Crippen molar-refractivity contribution in [1.29, 1.82) is 0 Å². The van der Waals surface area contributed by atoms with Gasteiger partial charge in [-0.1, -0.05) is 0 Å². The maximum Gasteiger partial charge on any atom is 0.322 e. The Bertz CT molecular complexity index is 1130. The van der Waals surface area contributed by atoms with E-state index in [4.69, 9.17) is 9.47 Å². The van der Waals surface area contributed by atoms with Gasteiger partial charge in [0.05, 0.1) is 32.5 Å². The average molecular weight is 438 g/mol. The molecule has 1 atom stereocenters. The molecular weight excluding hydrogens is 410 g/mol. The molecule has 0 saturated heterocycles. The number of thiophene rings is 1. The molecule has 0 radical (unpaired) electrons. The number of aryl methyl sites for hydroxylation is 1. The van der Waals surface area contributed by atoms with Gasteiger partial charge in [0, 0.05) is 28.4 Å². The third-order valence-electron chi connectivity index (χ3n) is 6.39. The van der Waals surface area contributed by atoms with Gasteiger partial charge in [0.25, 0.3) is 0 Å². The molecule has 162 valence electrons. The van der Waals surface area contributed by atoms with Crippen molar-refractivity contribution in [3.05, 3.63) is 58.2 Å². The molecule has 3 heterocycles. The summed E-state index contributed by atoms with van der Waals surface area (Å²) in [5.74, 6) is 1.26. The highest BCUT2D eigenvalue weighted by Crippen LogP contribution is 2.42. The van der Waals surface area contributed by atoms with Crippen LogP contribution in [0.25, 0.3) is 5.00 Å².